The average molecular weight is 448 g/mol. The Labute approximate surface area is 147 Å². The van der Waals surface area contributed by atoms with E-state index in [2.05, 4.69) is 42.4 Å². The zero-order valence-electron chi connectivity index (χ0n) is 10.8. The lowest BCUT2D eigenvalue weighted by Crippen LogP contribution is -2.18. The van der Waals surface area contributed by atoms with Crippen molar-refractivity contribution in [3.05, 3.63) is 55.4 Å². The van der Waals surface area contributed by atoms with Crippen molar-refractivity contribution in [2.24, 2.45) is 5.10 Å². The fraction of sp³-hybridized carbons (Fsp3) is 0. The Balaban J connectivity index is 2.17. The summed E-state index contributed by atoms with van der Waals surface area (Å²) in [7, 11) is 0. The van der Waals surface area contributed by atoms with Gasteiger partial charge in [0.2, 0.25) is 0 Å². The van der Waals surface area contributed by atoms with Crippen molar-refractivity contribution in [1.82, 2.24) is 5.43 Å². The molecule has 0 spiro atoms. The minimum absolute atomic E-state index is 0.254. The molecule has 2 aromatic carbocycles. The minimum Gasteiger partial charge on any atom is -0.503 e. The molecule has 0 aliphatic heterocycles. The third kappa shape index (κ3) is 3.60. The van der Waals surface area contributed by atoms with Gasteiger partial charge in [-0.25, -0.2) is 5.43 Å². The van der Waals surface area contributed by atoms with Gasteiger partial charge in [-0.15, -0.1) is 0 Å². The smallest absolute Gasteiger partial charge is 0.272 e. The SMILES string of the molecule is O=C(NN=Cc1cc(Br)c(O)c(O)c1Br)c1ccccc1Cl. The first-order valence-corrected chi connectivity index (χ1v) is 7.86. The lowest BCUT2D eigenvalue weighted by Gasteiger charge is -2.06. The number of carbonyl (C=O) groups excluding carboxylic acids is 1. The molecular formula is C14H9Br2ClN2O3. The van der Waals surface area contributed by atoms with Crippen LogP contribution in [0.5, 0.6) is 11.5 Å². The van der Waals surface area contributed by atoms with Crippen molar-refractivity contribution in [2.45, 2.75) is 0 Å². The van der Waals surface area contributed by atoms with Crippen LogP contribution in [-0.4, -0.2) is 22.3 Å². The second kappa shape index (κ2) is 7.13. The first-order valence-electron chi connectivity index (χ1n) is 5.89. The molecule has 0 bridgehead atoms. The third-order valence-corrected chi connectivity index (χ3v) is 4.45. The van der Waals surface area contributed by atoms with E-state index < -0.39 is 5.91 Å². The Morgan fingerprint density at radius 1 is 1.23 bits per heavy atom. The van der Waals surface area contributed by atoms with E-state index in [9.17, 15) is 15.0 Å². The zero-order valence-corrected chi connectivity index (χ0v) is 14.8. The molecule has 114 valence electrons. The number of hydrogen-bond acceptors (Lipinski definition) is 4. The number of hydrogen-bond donors (Lipinski definition) is 3. The van der Waals surface area contributed by atoms with Crippen LogP contribution in [0.25, 0.3) is 0 Å². The predicted molar refractivity (Wildman–Crippen MR) is 91.7 cm³/mol. The Bertz CT molecular complexity index is 766. The normalized spacial score (nSPS) is 10.9. The molecule has 1 amide bonds. The summed E-state index contributed by atoms with van der Waals surface area (Å²) in [5.41, 5.74) is 3.10. The van der Waals surface area contributed by atoms with E-state index in [0.717, 1.165) is 0 Å². The van der Waals surface area contributed by atoms with Gasteiger partial charge in [0.15, 0.2) is 11.5 Å². The highest BCUT2D eigenvalue weighted by molar-refractivity contribution is 9.11. The zero-order chi connectivity index (χ0) is 16.3. The highest BCUT2D eigenvalue weighted by atomic mass is 79.9. The Hall–Kier alpha value is -1.57. The number of benzene rings is 2. The molecule has 0 aromatic heterocycles. The summed E-state index contributed by atoms with van der Waals surface area (Å²) in [6.07, 6.45) is 1.32. The first kappa shape index (κ1) is 16.8. The second-order valence-electron chi connectivity index (χ2n) is 4.14. The number of phenols is 2. The molecule has 3 N–H and O–H groups in total. The lowest BCUT2D eigenvalue weighted by molar-refractivity contribution is 0.0955. The maximum absolute atomic E-state index is 11.9. The van der Waals surface area contributed by atoms with E-state index in [4.69, 9.17) is 11.6 Å². The molecule has 0 saturated heterocycles. The van der Waals surface area contributed by atoms with Crippen molar-refractivity contribution >= 4 is 55.6 Å². The molecule has 2 aromatic rings. The molecule has 0 saturated carbocycles. The van der Waals surface area contributed by atoms with Gasteiger partial charge in [-0.05, 0) is 50.1 Å². The van der Waals surface area contributed by atoms with E-state index in [1.807, 2.05) is 0 Å². The number of rotatable bonds is 3. The number of aromatic hydroxyl groups is 2. The molecule has 5 nitrogen and oxygen atoms in total. The summed E-state index contributed by atoms with van der Waals surface area (Å²) in [5, 5.41) is 23.4. The first-order chi connectivity index (χ1) is 10.4. The highest BCUT2D eigenvalue weighted by Gasteiger charge is 2.13. The number of carbonyl (C=O) groups is 1. The summed E-state index contributed by atoms with van der Waals surface area (Å²) in [6, 6.07) is 8.12. The van der Waals surface area contributed by atoms with Crippen LogP contribution >= 0.6 is 43.5 Å². The van der Waals surface area contributed by atoms with Crippen LogP contribution in [0.4, 0.5) is 0 Å². The fourth-order valence-corrected chi connectivity index (χ4v) is 2.64. The molecule has 0 aliphatic carbocycles. The van der Waals surface area contributed by atoms with E-state index in [1.165, 1.54) is 12.3 Å². The maximum Gasteiger partial charge on any atom is 0.272 e. The second-order valence-corrected chi connectivity index (χ2v) is 6.19. The van der Waals surface area contributed by atoms with E-state index in [0.29, 0.717) is 20.6 Å². The minimum atomic E-state index is -0.458. The van der Waals surface area contributed by atoms with Gasteiger partial charge in [-0.2, -0.15) is 5.10 Å². The van der Waals surface area contributed by atoms with E-state index >= 15 is 0 Å². The fourth-order valence-electron chi connectivity index (χ4n) is 1.58. The quantitative estimate of drug-likeness (QED) is 0.377. The predicted octanol–water partition coefficient (Wildman–Crippen LogP) is 4.04. The summed E-state index contributed by atoms with van der Waals surface area (Å²) in [4.78, 5) is 11.9. The number of nitrogens with one attached hydrogen (secondary N) is 1. The Morgan fingerprint density at radius 2 is 1.91 bits per heavy atom. The summed E-state index contributed by atoms with van der Waals surface area (Å²) < 4.78 is 0.552. The summed E-state index contributed by atoms with van der Waals surface area (Å²) in [5.74, 6) is -1.07. The molecule has 0 fully saturated rings. The molecular weight excluding hydrogens is 439 g/mol. The molecule has 2 rings (SSSR count). The maximum atomic E-state index is 11.9. The molecule has 8 heteroatoms. The van der Waals surface area contributed by atoms with Crippen LogP contribution in [0.2, 0.25) is 5.02 Å². The monoisotopic (exact) mass is 446 g/mol. The van der Waals surface area contributed by atoms with Crippen LogP contribution in [0.1, 0.15) is 15.9 Å². The number of phenolic OH excluding ortho intramolecular Hbond substituents is 2. The largest absolute Gasteiger partial charge is 0.503 e. The highest BCUT2D eigenvalue weighted by Crippen LogP contribution is 2.40. The van der Waals surface area contributed by atoms with Gasteiger partial charge >= 0.3 is 0 Å². The Morgan fingerprint density at radius 3 is 2.59 bits per heavy atom. The van der Waals surface area contributed by atoms with Gasteiger partial charge < -0.3 is 10.2 Å². The van der Waals surface area contributed by atoms with Crippen molar-refractivity contribution in [3.8, 4) is 11.5 Å². The Kier molecular flexibility index (Phi) is 5.44. The number of amides is 1. The van der Waals surface area contributed by atoms with Gasteiger partial charge in [-0.3, -0.25) is 4.79 Å². The number of nitrogens with zero attached hydrogens (tertiary/aromatic N) is 1. The van der Waals surface area contributed by atoms with Gasteiger partial charge in [0.25, 0.3) is 5.91 Å². The molecule has 0 radical (unpaired) electrons. The lowest BCUT2D eigenvalue weighted by atomic mass is 10.2. The molecule has 0 atom stereocenters. The van der Waals surface area contributed by atoms with Gasteiger partial charge in [0.1, 0.15) is 0 Å². The van der Waals surface area contributed by atoms with Crippen LogP contribution < -0.4 is 5.43 Å². The standard InChI is InChI=1S/C14H9Br2ClN2O3/c15-9-5-7(11(16)13(21)12(9)20)6-18-19-14(22)8-3-1-2-4-10(8)17/h1-6,20-21H,(H,19,22). The van der Waals surface area contributed by atoms with Crippen LogP contribution in [0.3, 0.4) is 0 Å². The van der Waals surface area contributed by atoms with Crippen LogP contribution in [0.15, 0.2) is 44.4 Å². The summed E-state index contributed by atoms with van der Waals surface area (Å²) >= 11 is 12.1. The third-order valence-electron chi connectivity index (χ3n) is 2.68. The van der Waals surface area contributed by atoms with E-state index in [-0.39, 0.29) is 16.0 Å². The average Bonchev–Trinajstić information content (AvgIpc) is 2.50. The van der Waals surface area contributed by atoms with Crippen molar-refractivity contribution in [1.29, 1.82) is 0 Å². The van der Waals surface area contributed by atoms with Crippen molar-refractivity contribution in [2.75, 3.05) is 0 Å². The number of halogens is 3. The molecule has 22 heavy (non-hydrogen) atoms. The van der Waals surface area contributed by atoms with Gasteiger partial charge in [0.05, 0.1) is 25.7 Å². The van der Waals surface area contributed by atoms with Crippen LogP contribution in [0, 0.1) is 0 Å². The van der Waals surface area contributed by atoms with E-state index in [1.54, 1.807) is 24.3 Å². The van der Waals surface area contributed by atoms with Crippen molar-refractivity contribution in [3.63, 3.8) is 0 Å². The van der Waals surface area contributed by atoms with Gasteiger partial charge in [-0.1, -0.05) is 23.7 Å². The molecule has 0 aliphatic rings. The number of hydrazone groups is 1. The van der Waals surface area contributed by atoms with Gasteiger partial charge in [0, 0.05) is 5.56 Å². The topological polar surface area (TPSA) is 81.9 Å². The van der Waals surface area contributed by atoms with Crippen molar-refractivity contribution < 1.29 is 15.0 Å². The summed E-state index contributed by atoms with van der Waals surface area (Å²) in [6.45, 7) is 0. The molecule has 0 heterocycles. The van der Waals surface area contributed by atoms with Crippen LogP contribution in [-0.2, 0) is 0 Å². The molecule has 0 unspecified atom stereocenters.